The van der Waals surface area contributed by atoms with Crippen LogP contribution < -0.4 is 20.9 Å². The average molecular weight is 492 g/mol. The van der Waals surface area contributed by atoms with Gasteiger partial charge in [-0.3, -0.25) is 0 Å². The number of amides is 2. The summed E-state index contributed by atoms with van der Waals surface area (Å²) in [5.41, 5.74) is 9.48. The number of rotatable bonds is 4. The van der Waals surface area contributed by atoms with Crippen molar-refractivity contribution in [2.24, 2.45) is 0 Å². The molecular formula is C25H26FN7OS. The predicted molar refractivity (Wildman–Crippen MR) is 141 cm³/mol. The molecule has 35 heavy (non-hydrogen) atoms. The number of nitrogens with two attached hydrogens (primary N) is 1. The van der Waals surface area contributed by atoms with Crippen molar-refractivity contribution < 1.29 is 9.18 Å². The van der Waals surface area contributed by atoms with Gasteiger partial charge in [0.2, 0.25) is 5.95 Å². The lowest BCUT2D eigenvalue weighted by Gasteiger charge is -2.35. The number of urea groups is 1. The van der Waals surface area contributed by atoms with E-state index in [4.69, 9.17) is 5.73 Å². The second-order valence-corrected chi connectivity index (χ2v) is 9.45. The lowest BCUT2D eigenvalue weighted by atomic mass is 10.1. The molecule has 1 fully saturated rings. The van der Waals surface area contributed by atoms with E-state index in [1.54, 1.807) is 11.0 Å². The molecule has 8 nitrogen and oxygen atoms in total. The number of benzene rings is 2. The summed E-state index contributed by atoms with van der Waals surface area (Å²) in [6.45, 7) is 2.26. The highest BCUT2D eigenvalue weighted by Crippen LogP contribution is 2.39. The van der Waals surface area contributed by atoms with Gasteiger partial charge in [0, 0.05) is 62.6 Å². The number of nitrogens with zero attached hydrogens (tertiary/aromatic N) is 5. The number of nitrogen functional groups attached to an aromatic ring is 1. The molecule has 0 saturated carbocycles. The summed E-state index contributed by atoms with van der Waals surface area (Å²) in [5, 5.41) is 5.79. The Labute approximate surface area is 206 Å². The Morgan fingerprint density at radius 2 is 1.83 bits per heavy atom. The van der Waals surface area contributed by atoms with Crippen LogP contribution in [0.1, 0.15) is 0 Å². The van der Waals surface area contributed by atoms with E-state index >= 15 is 0 Å². The molecule has 0 spiro atoms. The Morgan fingerprint density at radius 3 is 2.51 bits per heavy atom. The van der Waals surface area contributed by atoms with Crippen LogP contribution >= 0.6 is 11.3 Å². The van der Waals surface area contributed by atoms with Crippen LogP contribution in [0.4, 0.5) is 32.3 Å². The van der Waals surface area contributed by atoms with E-state index in [9.17, 15) is 9.18 Å². The Balaban J connectivity index is 1.33. The molecule has 0 unspecified atom stereocenters. The number of aromatic nitrogens is 2. The Morgan fingerprint density at radius 1 is 1.09 bits per heavy atom. The summed E-state index contributed by atoms with van der Waals surface area (Å²) in [4.78, 5) is 28.4. The van der Waals surface area contributed by atoms with Gasteiger partial charge in [-0.1, -0.05) is 12.1 Å². The third kappa shape index (κ3) is 4.69. The molecule has 2 aromatic heterocycles. The number of thiophene rings is 1. The topological polar surface area (TPSA) is 90.6 Å². The highest BCUT2D eigenvalue weighted by atomic mass is 32.1. The van der Waals surface area contributed by atoms with Gasteiger partial charge >= 0.3 is 6.03 Å². The van der Waals surface area contributed by atoms with Gasteiger partial charge < -0.3 is 25.8 Å². The Bertz CT molecular complexity index is 1360. The summed E-state index contributed by atoms with van der Waals surface area (Å²) in [7, 11) is 3.95. The zero-order chi connectivity index (χ0) is 24.5. The van der Waals surface area contributed by atoms with Crippen LogP contribution in [0.25, 0.3) is 21.3 Å². The maximum absolute atomic E-state index is 13.9. The van der Waals surface area contributed by atoms with Crippen molar-refractivity contribution in [1.29, 1.82) is 0 Å². The minimum absolute atomic E-state index is 0.134. The van der Waals surface area contributed by atoms with Crippen molar-refractivity contribution in [3.05, 3.63) is 59.7 Å². The largest absolute Gasteiger partial charge is 0.378 e. The van der Waals surface area contributed by atoms with Crippen molar-refractivity contribution in [2.45, 2.75) is 0 Å². The first-order valence-electron chi connectivity index (χ1n) is 11.3. The molecule has 10 heteroatoms. The summed E-state index contributed by atoms with van der Waals surface area (Å²) in [6, 6.07) is 14.1. The Kier molecular flexibility index (Phi) is 6.12. The monoisotopic (exact) mass is 491 g/mol. The fourth-order valence-electron chi connectivity index (χ4n) is 4.20. The number of fused-ring (bicyclic) bond motifs is 1. The summed E-state index contributed by atoms with van der Waals surface area (Å²) >= 11 is 1.46. The molecule has 1 aliphatic heterocycles. The van der Waals surface area contributed by atoms with Crippen molar-refractivity contribution >= 4 is 50.7 Å². The Hall–Kier alpha value is -3.92. The molecule has 1 aliphatic rings. The van der Waals surface area contributed by atoms with Crippen LogP contribution in [0, 0.1) is 5.82 Å². The van der Waals surface area contributed by atoms with E-state index in [1.807, 2.05) is 54.7 Å². The fraction of sp³-hybridized carbons (Fsp3) is 0.240. The molecule has 0 bridgehead atoms. The minimum Gasteiger partial charge on any atom is -0.378 e. The van der Waals surface area contributed by atoms with Crippen LogP contribution in [0.5, 0.6) is 0 Å². The van der Waals surface area contributed by atoms with Crippen LogP contribution in [-0.4, -0.2) is 61.2 Å². The smallest absolute Gasteiger partial charge is 0.321 e. The summed E-state index contributed by atoms with van der Waals surface area (Å²) in [6.07, 6.45) is 0. The van der Waals surface area contributed by atoms with Crippen molar-refractivity contribution in [1.82, 2.24) is 14.9 Å². The third-order valence-corrected chi connectivity index (χ3v) is 6.94. The van der Waals surface area contributed by atoms with E-state index in [0.29, 0.717) is 32.0 Å². The van der Waals surface area contributed by atoms with Gasteiger partial charge in [-0.15, -0.1) is 11.3 Å². The molecule has 0 radical (unpaired) electrons. The lowest BCUT2D eigenvalue weighted by Crippen LogP contribution is -2.50. The van der Waals surface area contributed by atoms with Crippen LogP contribution in [-0.2, 0) is 0 Å². The lowest BCUT2D eigenvalue weighted by molar-refractivity contribution is 0.208. The number of piperazine rings is 1. The van der Waals surface area contributed by atoms with Gasteiger partial charge in [0.25, 0.3) is 0 Å². The zero-order valence-corrected chi connectivity index (χ0v) is 20.3. The van der Waals surface area contributed by atoms with Crippen molar-refractivity contribution in [2.75, 3.05) is 61.1 Å². The number of hydrogen-bond acceptors (Lipinski definition) is 7. The SMILES string of the molecule is CN(C)c1ccc(NC(=O)N2CCN(c3nc(N)nc4scc(-c5cccc(F)c5)c34)CC2)cc1. The molecule has 0 aliphatic carbocycles. The second-order valence-electron chi connectivity index (χ2n) is 8.59. The van der Waals surface area contributed by atoms with Gasteiger partial charge in [0.1, 0.15) is 16.5 Å². The van der Waals surface area contributed by atoms with Gasteiger partial charge in [-0.2, -0.15) is 4.98 Å². The molecule has 0 atom stereocenters. The number of anilines is 4. The summed E-state index contributed by atoms with van der Waals surface area (Å²) < 4.78 is 13.9. The summed E-state index contributed by atoms with van der Waals surface area (Å²) in [5.74, 6) is 0.615. The maximum atomic E-state index is 13.9. The molecule has 2 aromatic carbocycles. The van der Waals surface area contributed by atoms with Crippen LogP contribution in [0.2, 0.25) is 0 Å². The fourth-order valence-corrected chi connectivity index (χ4v) is 5.15. The van der Waals surface area contributed by atoms with Crippen LogP contribution in [0.3, 0.4) is 0 Å². The molecule has 5 rings (SSSR count). The van der Waals surface area contributed by atoms with Crippen molar-refractivity contribution in [3.63, 3.8) is 0 Å². The normalized spacial score (nSPS) is 13.8. The van der Waals surface area contributed by atoms with E-state index < -0.39 is 0 Å². The minimum atomic E-state index is -0.296. The molecule has 3 heterocycles. The van der Waals surface area contributed by atoms with Gasteiger partial charge in [-0.25, -0.2) is 14.2 Å². The second kappa shape index (κ2) is 9.38. The van der Waals surface area contributed by atoms with E-state index in [2.05, 4.69) is 20.2 Å². The van der Waals surface area contributed by atoms with Gasteiger partial charge in [-0.05, 0) is 42.0 Å². The standard InChI is InChI=1S/C25H26FN7OS/c1-31(2)19-8-6-18(7-9-19)28-25(34)33-12-10-32(11-13-33)22-21-20(16-4-3-5-17(26)14-16)15-35-23(21)30-24(27)29-22/h3-9,14-15H,10-13H2,1-2H3,(H,28,34)(H2,27,29,30). The number of carbonyl (C=O) groups excluding carboxylic acids is 1. The maximum Gasteiger partial charge on any atom is 0.321 e. The molecular weight excluding hydrogens is 465 g/mol. The van der Waals surface area contributed by atoms with Crippen LogP contribution in [0.15, 0.2) is 53.9 Å². The molecule has 4 aromatic rings. The number of nitrogens with one attached hydrogen (secondary N) is 1. The molecule has 1 saturated heterocycles. The molecule has 2 amide bonds. The van der Waals surface area contributed by atoms with Gasteiger partial charge in [0.15, 0.2) is 0 Å². The van der Waals surface area contributed by atoms with E-state index in [0.717, 1.165) is 32.7 Å². The number of hydrogen-bond donors (Lipinski definition) is 2. The first-order chi connectivity index (χ1) is 16.9. The first kappa shape index (κ1) is 22.9. The third-order valence-electron chi connectivity index (χ3n) is 6.07. The quantitative estimate of drug-likeness (QED) is 0.437. The zero-order valence-electron chi connectivity index (χ0n) is 19.5. The molecule has 180 valence electrons. The number of halogens is 1. The van der Waals surface area contributed by atoms with Gasteiger partial charge in [0.05, 0.1) is 5.39 Å². The van der Waals surface area contributed by atoms with E-state index in [-0.39, 0.29) is 17.8 Å². The van der Waals surface area contributed by atoms with E-state index in [1.165, 1.54) is 23.5 Å². The first-order valence-corrected chi connectivity index (χ1v) is 12.2. The van der Waals surface area contributed by atoms with Crippen molar-refractivity contribution in [3.8, 4) is 11.1 Å². The number of carbonyl (C=O) groups is 1. The highest BCUT2D eigenvalue weighted by molar-refractivity contribution is 7.17. The highest BCUT2D eigenvalue weighted by Gasteiger charge is 2.25. The molecule has 3 N–H and O–H groups in total. The average Bonchev–Trinajstić information content (AvgIpc) is 3.28. The predicted octanol–water partition coefficient (Wildman–Crippen LogP) is 4.50.